The van der Waals surface area contributed by atoms with Crippen LogP contribution in [0.4, 0.5) is 25.8 Å². The molecular formula is C18H17F2N3O2. The van der Waals surface area contributed by atoms with E-state index in [9.17, 15) is 18.4 Å². The van der Waals surface area contributed by atoms with Crippen molar-refractivity contribution in [2.75, 3.05) is 16.0 Å². The molecule has 2 aromatic rings. The standard InChI is InChI=1S/C18H17F2N3O2/c1-10(24)21-12-7-8-14(19)13(9-12)18(25)23-17-15(20)3-2-4-16(17)22-11-5-6-11/h2-4,7-9,11,22H,5-6H2,1H3,(H,21,24)(H,23,25). The number of para-hydroxylation sites is 1. The summed E-state index contributed by atoms with van der Waals surface area (Å²) in [5, 5.41) is 8.03. The molecule has 0 saturated heterocycles. The summed E-state index contributed by atoms with van der Waals surface area (Å²) in [5.74, 6) is -2.52. The van der Waals surface area contributed by atoms with E-state index in [-0.39, 0.29) is 28.9 Å². The molecule has 0 radical (unpaired) electrons. The maximum atomic E-state index is 14.1. The number of rotatable bonds is 5. The highest BCUT2D eigenvalue weighted by Gasteiger charge is 2.24. The molecule has 5 nitrogen and oxygen atoms in total. The molecule has 0 spiro atoms. The third-order valence-electron chi connectivity index (χ3n) is 3.72. The number of nitrogens with one attached hydrogen (secondary N) is 3. The van der Waals surface area contributed by atoms with E-state index in [1.54, 1.807) is 6.07 Å². The molecule has 1 fully saturated rings. The Morgan fingerprint density at radius 3 is 2.48 bits per heavy atom. The van der Waals surface area contributed by atoms with Crippen molar-refractivity contribution in [3.05, 3.63) is 53.6 Å². The molecule has 0 atom stereocenters. The lowest BCUT2D eigenvalue weighted by Crippen LogP contribution is -2.17. The largest absolute Gasteiger partial charge is 0.381 e. The Hall–Kier alpha value is -2.96. The number of benzene rings is 2. The Labute approximate surface area is 143 Å². The van der Waals surface area contributed by atoms with Crippen molar-refractivity contribution < 1.29 is 18.4 Å². The first-order chi connectivity index (χ1) is 11.9. The first-order valence-corrected chi connectivity index (χ1v) is 7.87. The van der Waals surface area contributed by atoms with Crippen LogP contribution in [0, 0.1) is 11.6 Å². The molecule has 0 heterocycles. The smallest absolute Gasteiger partial charge is 0.258 e. The lowest BCUT2D eigenvalue weighted by atomic mass is 10.1. The van der Waals surface area contributed by atoms with Gasteiger partial charge in [0.05, 0.1) is 11.3 Å². The number of amides is 2. The molecule has 2 amide bonds. The fourth-order valence-electron chi connectivity index (χ4n) is 2.38. The van der Waals surface area contributed by atoms with Crippen LogP contribution < -0.4 is 16.0 Å². The van der Waals surface area contributed by atoms with Crippen LogP contribution in [0.1, 0.15) is 30.1 Å². The molecule has 0 aromatic heterocycles. The number of carbonyl (C=O) groups is 2. The summed E-state index contributed by atoms with van der Waals surface area (Å²) in [6.07, 6.45) is 1.97. The van der Waals surface area contributed by atoms with Crippen LogP contribution in [-0.4, -0.2) is 17.9 Å². The van der Waals surface area contributed by atoms with E-state index in [4.69, 9.17) is 0 Å². The second kappa shape index (κ2) is 6.88. The third-order valence-corrected chi connectivity index (χ3v) is 3.72. The molecule has 3 rings (SSSR count). The van der Waals surface area contributed by atoms with Crippen molar-refractivity contribution in [1.82, 2.24) is 0 Å². The summed E-state index contributed by atoms with van der Waals surface area (Å²) in [6, 6.07) is 8.30. The van der Waals surface area contributed by atoms with E-state index < -0.39 is 17.5 Å². The Kier molecular flexibility index (Phi) is 4.65. The maximum absolute atomic E-state index is 14.1. The molecule has 0 bridgehead atoms. The Balaban J connectivity index is 1.86. The van der Waals surface area contributed by atoms with Crippen LogP contribution in [0.2, 0.25) is 0 Å². The highest BCUT2D eigenvalue weighted by molar-refractivity contribution is 6.07. The van der Waals surface area contributed by atoms with Gasteiger partial charge < -0.3 is 16.0 Å². The predicted molar refractivity (Wildman–Crippen MR) is 91.7 cm³/mol. The molecule has 1 aliphatic rings. The number of anilines is 3. The molecule has 1 aliphatic carbocycles. The van der Waals surface area contributed by atoms with E-state index in [1.807, 2.05) is 0 Å². The van der Waals surface area contributed by atoms with Gasteiger partial charge in [0.15, 0.2) is 0 Å². The van der Waals surface area contributed by atoms with Gasteiger partial charge in [-0.3, -0.25) is 9.59 Å². The summed E-state index contributed by atoms with van der Waals surface area (Å²) in [7, 11) is 0. The normalized spacial score (nSPS) is 13.2. The van der Waals surface area contributed by atoms with E-state index >= 15 is 0 Å². The van der Waals surface area contributed by atoms with Gasteiger partial charge >= 0.3 is 0 Å². The minimum Gasteiger partial charge on any atom is -0.381 e. The van der Waals surface area contributed by atoms with Crippen molar-refractivity contribution in [2.45, 2.75) is 25.8 Å². The van der Waals surface area contributed by atoms with Gasteiger partial charge in [0.1, 0.15) is 17.3 Å². The quantitative estimate of drug-likeness (QED) is 0.773. The van der Waals surface area contributed by atoms with Crippen LogP contribution in [0.25, 0.3) is 0 Å². The van der Waals surface area contributed by atoms with Gasteiger partial charge in [-0.2, -0.15) is 0 Å². The zero-order chi connectivity index (χ0) is 18.0. The second-order valence-electron chi connectivity index (χ2n) is 5.91. The van der Waals surface area contributed by atoms with Gasteiger partial charge in [0, 0.05) is 18.7 Å². The van der Waals surface area contributed by atoms with Gasteiger partial charge in [0.25, 0.3) is 5.91 Å². The van der Waals surface area contributed by atoms with Gasteiger partial charge in [-0.05, 0) is 43.2 Å². The third kappa shape index (κ3) is 4.12. The number of hydrogen-bond acceptors (Lipinski definition) is 3. The van der Waals surface area contributed by atoms with Crippen LogP contribution >= 0.6 is 0 Å². The Bertz CT molecular complexity index is 835. The summed E-state index contributed by atoms with van der Waals surface area (Å²) < 4.78 is 28.1. The van der Waals surface area contributed by atoms with Crippen LogP contribution in [0.5, 0.6) is 0 Å². The highest BCUT2D eigenvalue weighted by Crippen LogP contribution is 2.31. The second-order valence-corrected chi connectivity index (χ2v) is 5.91. The van der Waals surface area contributed by atoms with Crippen molar-refractivity contribution in [1.29, 1.82) is 0 Å². The van der Waals surface area contributed by atoms with Crippen molar-refractivity contribution >= 4 is 28.9 Å². The van der Waals surface area contributed by atoms with Crippen LogP contribution in [-0.2, 0) is 4.79 Å². The Morgan fingerprint density at radius 2 is 1.80 bits per heavy atom. The van der Waals surface area contributed by atoms with Gasteiger partial charge in [-0.1, -0.05) is 6.07 Å². The van der Waals surface area contributed by atoms with Crippen LogP contribution in [0.3, 0.4) is 0 Å². The predicted octanol–water partition coefficient (Wildman–Crippen LogP) is 3.75. The average molecular weight is 345 g/mol. The molecule has 3 N–H and O–H groups in total. The number of carbonyl (C=O) groups excluding carboxylic acids is 2. The van der Waals surface area contributed by atoms with Crippen molar-refractivity contribution in [3.8, 4) is 0 Å². The molecule has 0 aliphatic heterocycles. The summed E-state index contributed by atoms with van der Waals surface area (Å²) in [5.41, 5.74) is 0.425. The lowest BCUT2D eigenvalue weighted by molar-refractivity contribution is -0.114. The monoisotopic (exact) mass is 345 g/mol. The van der Waals surface area contributed by atoms with E-state index in [0.29, 0.717) is 5.69 Å². The first kappa shape index (κ1) is 16.9. The zero-order valence-corrected chi connectivity index (χ0v) is 13.5. The molecule has 1 saturated carbocycles. The summed E-state index contributed by atoms with van der Waals surface area (Å²) in [6.45, 7) is 1.30. The number of halogens is 2. The van der Waals surface area contributed by atoms with E-state index in [1.165, 1.54) is 31.2 Å². The topological polar surface area (TPSA) is 70.2 Å². The fourth-order valence-corrected chi connectivity index (χ4v) is 2.38. The molecule has 130 valence electrons. The van der Waals surface area contributed by atoms with Gasteiger partial charge in [0.2, 0.25) is 5.91 Å². The van der Waals surface area contributed by atoms with Gasteiger partial charge in [-0.25, -0.2) is 8.78 Å². The lowest BCUT2D eigenvalue weighted by Gasteiger charge is -2.14. The average Bonchev–Trinajstić information content (AvgIpc) is 3.36. The van der Waals surface area contributed by atoms with Crippen molar-refractivity contribution in [3.63, 3.8) is 0 Å². The molecule has 2 aromatic carbocycles. The maximum Gasteiger partial charge on any atom is 0.258 e. The SMILES string of the molecule is CC(=O)Nc1ccc(F)c(C(=O)Nc2c(F)cccc2NC2CC2)c1. The van der Waals surface area contributed by atoms with E-state index in [2.05, 4.69) is 16.0 Å². The Morgan fingerprint density at radius 1 is 1.04 bits per heavy atom. The minimum atomic E-state index is -0.798. The minimum absolute atomic E-state index is 0.0243. The molecular weight excluding hydrogens is 328 g/mol. The van der Waals surface area contributed by atoms with E-state index in [0.717, 1.165) is 18.9 Å². The fraction of sp³-hybridized carbons (Fsp3) is 0.222. The molecule has 7 heteroatoms. The van der Waals surface area contributed by atoms with Crippen LogP contribution in [0.15, 0.2) is 36.4 Å². The summed E-state index contributed by atoms with van der Waals surface area (Å²) >= 11 is 0. The van der Waals surface area contributed by atoms with Crippen molar-refractivity contribution in [2.24, 2.45) is 0 Å². The number of hydrogen-bond donors (Lipinski definition) is 3. The summed E-state index contributed by atoms with van der Waals surface area (Å²) in [4.78, 5) is 23.5. The highest BCUT2D eigenvalue weighted by atomic mass is 19.1. The zero-order valence-electron chi connectivity index (χ0n) is 13.5. The molecule has 0 unspecified atom stereocenters. The first-order valence-electron chi connectivity index (χ1n) is 7.87. The van der Waals surface area contributed by atoms with Gasteiger partial charge in [-0.15, -0.1) is 0 Å². The molecule has 25 heavy (non-hydrogen) atoms.